The van der Waals surface area contributed by atoms with Gasteiger partial charge in [0.2, 0.25) is 0 Å². The van der Waals surface area contributed by atoms with E-state index >= 15 is 0 Å². The summed E-state index contributed by atoms with van der Waals surface area (Å²) in [7, 11) is 1.18. The van der Waals surface area contributed by atoms with Crippen LogP contribution in [0.2, 0.25) is 0 Å². The van der Waals surface area contributed by atoms with Crippen LogP contribution in [0.15, 0.2) is 0 Å². The van der Waals surface area contributed by atoms with E-state index in [0.29, 0.717) is 0 Å². The molecule has 0 aromatic rings. The second kappa shape index (κ2) is 6.16. The molecule has 0 nitrogen and oxygen atoms in total. The standard InChI is InChI=1S/C9H21P/c1-5-9(6-2)8(4)10-7-3/h8-10H,5-7H2,1-4H3. The van der Waals surface area contributed by atoms with E-state index in [1.807, 2.05) is 0 Å². The molecule has 0 aliphatic carbocycles. The topological polar surface area (TPSA) is 0 Å². The Kier molecular flexibility index (Phi) is 6.43. The molecule has 0 bridgehead atoms. The summed E-state index contributed by atoms with van der Waals surface area (Å²) in [5, 5.41) is 0. The summed E-state index contributed by atoms with van der Waals surface area (Å²) in [6.07, 6.45) is 4.10. The summed E-state index contributed by atoms with van der Waals surface area (Å²) in [5.74, 6) is 0.985. The van der Waals surface area contributed by atoms with Gasteiger partial charge in [-0.1, -0.05) is 40.5 Å². The Morgan fingerprint density at radius 2 is 1.60 bits per heavy atom. The van der Waals surface area contributed by atoms with E-state index in [0.717, 1.165) is 11.6 Å². The van der Waals surface area contributed by atoms with Gasteiger partial charge in [-0.2, -0.15) is 0 Å². The molecule has 0 aromatic carbocycles. The highest BCUT2D eigenvalue weighted by atomic mass is 31.1. The molecule has 0 amide bonds. The van der Waals surface area contributed by atoms with Crippen molar-refractivity contribution in [3.8, 4) is 0 Å². The third-order valence-electron chi connectivity index (χ3n) is 2.28. The van der Waals surface area contributed by atoms with E-state index in [2.05, 4.69) is 27.7 Å². The maximum absolute atomic E-state index is 2.40. The Bertz CT molecular complexity index is 67.1. The largest absolute Gasteiger partial charge is 0.119 e. The molecule has 0 radical (unpaired) electrons. The van der Waals surface area contributed by atoms with Gasteiger partial charge >= 0.3 is 0 Å². The maximum Gasteiger partial charge on any atom is -0.0237 e. The van der Waals surface area contributed by atoms with Gasteiger partial charge in [-0.3, -0.25) is 0 Å². The molecular weight excluding hydrogens is 139 g/mol. The monoisotopic (exact) mass is 160 g/mol. The lowest BCUT2D eigenvalue weighted by molar-refractivity contribution is 0.487. The van der Waals surface area contributed by atoms with Crippen molar-refractivity contribution >= 4 is 8.58 Å². The van der Waals surface area contributed by atoms with E-state index in [-0.39, 0.29) is 0 Å². The Hall–Kier alpha value is 0.430. The normalized spacial score (nSPS) is 15.3. The van der Waals surface area contributed by atoms with Gasteiger partial charge in [0.15, 0.2) is 0 Å². The maximum atomic E-state index is 2.40. The third-order valence-corrected chi connectivity index (χ3v) is 3.81. The van der Waals surface area contributed by atoms with Crippen molar-refractivity contribution < 1.29 is 0 Å². The second-order valence-corrected chi connectivity index (χ2v) is 4.95. The van der Waals surface area contributed by atoms with Gasteiger partial charge in [-0.05, 0) is 17.7 Å². The smallest absolute Gasteiger partial charge is 0.0237 e. The van der Waals surface area contributed by atoms with Crippen molar-refractivity contribution in [2.75, 3.05) is 6.16 Å². The minimum atomic E-state index is 0.972. The number of hydrogen-bond donors (Lipinski definition) is 0. The first-order valence-corrected chi connectivity index (χ1v) is 5.78. The Morgan fingerprint density at radius 1 is 1.10 bits per heavy atom. The minimum absolute atomic E-state index is 0.972. The van der Waals surface area contributed by atoms with Crippen molar-refractivity contribution in [2.45, 2.75) is 46.2 Å². The molecule has 0 N–H and O–H groups in total. The Morgan fingerprint density at radius 3 is 1.90 bits per heavy atom. The molecule has 0 saturated carbocycles. The SMILES string of the molecule is CCPC(C)C(CC)CC. The van der Waals surface area contributed by atoms with Gasteiger partial charge in [0, 0.05) is 0 Å². The molecule has 0 aliphatic heterocycles. The number of rotatable bonds is 5. The first-order chi connectivity index (χ1) is 4.76. The van der Waals surface area contributed by atoms with Crippen molar-refractivity contribution in [3.05, 3.63) is 0 Å². The third kappa shape index (κ3) is 3.56. The second-order valence-electron chi connectivity index (χ2n) is 2.92. The molecule has 10 heavy (non-hydrogen) atoms. The zero-order valence-electron chi connectivity index (χ0n) is 7.78. The van der Waals surface area contributed by atoms with Crippen LogP contribution in [0, 0.1) is 5.92 Å². The van der Waals surface area contributed by atoms with Gasteiger partial charge in [0.05, 0.1) is 0 Å². The van der Waals surface area contributed by atoms with E-state index in [9.17, 15) is 0 Å². The van der Waals surface area contributed by atoms with Crippen LogP contribution in [-0.2, 0) is 0 Å². The molecule has 0 rings (SSSR count). The van der Waals surface area contributed by atoms with Crippen LogP contribution in [0.3, 0.4) is 0 Å². The highest BCUT2D eigenvalue weighted by Crippen LogP contribution is 2.28. The molecular formula is C9H21P. The Balaban J connectivity index is 3.53. The van der Waals surface area contributed by atoms with E-state index in [4.69, 9.17) is 0 Å². The average Bonchev–Trinajstić information content (AvgIpc) is 1.91. The molecule has 0 saturated heterocycles. The summed E-state index contributed by atoms with van der Waals surface area (Å²) < 4.78 is 0. The van der Waals surface area contributed by atoms with Crippen LogP contribution in [0.5, 0.6) is 0 Å². The van der Waals surface area contributed by atoms with Gasteiger partial charge in [0.25, 0.3) is 0 Å². The van der Waals surface area contributed by atoms with E-state index in [1.165, 1.54) is 27.6 Å². The van der Waals surface area contributed by atoms with Crippen LogP contribution in [0.25, 0.3) is 0 Å². The molecule has 1 heteroatoms. The van der Waals surface area contributed by atoms with Gasteiger partial charge < -0.3 is 0 Å². The molecule has 2 unspecified atom stereocenters. The highest BCUT2D eigenvalue weighted by Gasteiger charge is 2.11. The van der Waals surface area contributed by atoms with Crippen LogP contribution < -0.4 is 0 Å². The molecule has 0 aromatic heterocycles. The van der Waals surface area contributed by atoms with Crippen molar-refractivity contribution in [3.63, 3.8) is 0 Å². The fourth-order valence-corrected chi connectivity index (χ4v) is 2.93. The lowest BCUT2D eigenvalue weighted by Gasteiger charge is -2.20. The van der Waals surface area contributed by atoms with Gasteiger partial charge in [-0.25, -0.2) is 0 Å². The van der Waals surface area contributed by atoms with Crippen LogP contribution in [0.4, 0.5) is 0 Å². The zero-order chi connectivity index (χ0) is 7.98. The van der Waals surface area contributed by atoms with Crippen molar-refractivity contribution in [2.24, 2.45) is 5.92 Å². The first kappa shape index (κ1) is 10.4. The predicted octanol–water partition coefficient (Wildman–Crippen LogP) is 3.51. The quantitative estimate of drug-likeness (QED) is 0.540. The Labute approximate surface area is 67.6 Å². The molecule has 0 aliphatic rings. The summed E-state index contributed by atoms with van der Waals surface area (Å²) in [6, 6.07) is 0. The fourth-order valence-electron chi connectivity index (χ4n) is 1.48. The van der Waals surface area contributed by atoms with Crippen molar-refractivity contribution in [1.29, 1.82) is 0 Å². The van der Waals surface area contributed by atoms with Gasteiger partial charge in [0.1, 0.15) is 0 Å². The number of hydrogen-bond acceptors (Lipinski definition) is 0. The van der Waals surface area contributed by atoms with Crippen LogP contribution in [-0.4, -0.2) is 11.8 Å². The lowest BCUT2D eigenvalue weighted by atomic mass is 10.0. The van der Waals surface area contributed by atoms with Crippen molar-refractivity contribution in [1.82, 2.24) is 0 Å². The summed E-state index contributed by atoms with van der Waals surface area (Å²) in [4.78, 5) is 0. The predicted molar refractivity (Wildman–Crippen MR) is 52.4 cm³/mol. The van der Waals surface area contributed by atoms with Crippen LogP contribution >= 0.6 is 8.58 Å². The summed E-state index contributed by atoms with van der Waals surface area (Å²) in [6.45, 7) is 9.31. The van der Waals surface area contributed by atoms with Gasteiger partial charge in [-0.15, -0.1) is 8.58 Å². The molecule has 0 heterocycles. The van der Waals surface area contributed by atoms with E-state index < -0.39 is 0 Å². The summed E-state index contributed by atoms with van der Waals surface area (Å²) in [5.41, 5.74) is 0.972. The molecule has 0 fully saturated rings. The first-order valence-electron chi connectivity index (χ1n) is 4.49. The fraction of sp³-hybridized carbons (Fsp3) is 1.00. The molecule has 2 atom stereocenters. The minimum Gasteiger partial charge on any atom is -0.119 e. The van der Waals surface area contributed by atoms with Crippen LogP contribution in [0.1, 0.15) is 40.5 Å². The summed E-state index contributed by atoms with van der Waals surface area (Å²) >= 11 is 0. The lowest BCUT2D eigenvalue weighted by Crippen LogP contribution is -2.10. The van der Waals surface area contributed by atoms with E-state index in [1.54, 1.807) is 0 Å². The molecule has 0 spiro atoms. The highest BCUT2D eigenvalue weighted by molar-refractivity contribution is 7.38. The zero-order valence-corrected chi connectivity index (χ0v) is 8.78. The average molecular weight is 160 g/mol. The molecule has 62 valence electrons.